The van der Waals surface area contributed by atoms with Crippen LogP contribution in [0.2, 0.25) is 0 Å². The molecule has 2 nitrogen and oxygen atoms in total. The van der Waals surface area contributed by atoms with E-state index in [1.165, 1.54) is 5.57 Å². The summed E-state index contributed by atoms with van der Waals surface area (Å²) >= 11 is 0. The first kappa shape index (κ1) is 14.4. The lowest BCUT2D eigenvalue weighted by molar-refractivity contribution is 0.372. The summed E-state index contributed by atoms with van der Waals surface area (Å²) in [5.41, 5.74) is 1.22. The highest BCUT2D eigenvalue weighted by molar-refractivity contribution is 5.31. The highest BCUT2D eigenvalue weighted by Gasteiger charge is 2.12. The van der Waals surface area contributed by atoms with Gasteiger partial charge in [0, 0.05) is 12.1 Å². The summed E-state index contributed by atoms with van der Waals surface area (Å²) in [6, 6.07) is 9.86. The summed E-state index contributed by atoms with van der Waals surface area (Å²) in [5, 5.41) is 3.27. The van der Waals surface area contributed by atoms with Crippen LogP contribution in [-0.2, 0) is 0 Å². The molecule has 1 N–H and O–H groups in total. The molecular weight excluding hydrogens is 222 g/mol. The molecule has 0 saturated heterocycles. The summed E-state index contributed by atoms with van der Waals surface area (Å²) in [6.45, 7) is 9.17. The molecule has 0 atom stereocenters. The van der Waals surface area contributed by atoms with E-state index in [4.69, 9.17) is 4.74 Å². The predicted octanol–water partition coefficient (Wildman–Crippen LogP) is 4.12. The fourth-order valence-corrected chi connectivity index (χ4v) is 1.67. The highest BCUT2D eigenvalue weighted by Crippen LogP contribution is 2.21. The van der Waals surface area contributed by atoms with Crippen molar-refractivity contribution in [1.82, 2.24) is 5.32 Å². The Morgan fingerprint density at radius 3 is 2.39 bits per heavy atom. The molecule has 2 rings (SSSR count). The molecule has 1 aliphatic rings. The third-order valence-electron chi connectivity index (χ3n) is 2.53. The van der Waals surface area contributed by atoms with Crippen LogP contribution in [0.25, 0.3) is 0 Å². The molecule has 1 heterocycles. The highest BCUT2D eigenvalue weighted by atomic mass is 16.5. The Morgan fingerprint density at radius 1 is 1.11 bits per heavy atom. The maximum absolute atomic E-state index is 5.85. The van der Waals surface area contributed by atoms with Crippen molar-refractivity contribution in [2.45, 2.75) is 27.7 Å². The van der Waals surface area contributed by atoms with Crippen molar-refractivity contribution in [3.8, 4) is 5.75 Å². The molecule has 1 aliphatic heterocycles. The molecule has 0 aliphatic carbocycles. The molecule has 0 spiro atoms. The maximum Gasteiger partial charge on any atom is 0.197 e. The van der Waals surface area contributed by atoms with Crippen molar-refractivity contribution in [3.63, 3.8) is 0 Å². The smallest absolute Gasteiger partial charge is 0.197 e. The lowest BCUT2D eigenvalue weighted by Gasteiger charge is -2.20. The van der Waals surface area contributed by atoms with Crippen LogP contribution >= 0.6 is 0 Å². The van der Waals surface area contributed by atoms with Crippen LogP contribution in [-0.4, -0.2) is 6.54 Å². The third-order valence-corrected chi connectivity index (χ3v) is 2.53. The Hall–Kier alpha value is -1.70. The summed E-state index contributed by atoms with van der Waals surface area (Å²) in [7, 11) is 0. The molecule has 0 aromatic heterocycles. The standard InChI is InChI=1S/C14H17NO.C2H6/c1-11(2)13-9-6-10-15-14(13)16-12-7-4-3-5-8-12;1-2/h3-9,11,15H,10H2,1-2H3;1-2H3. The Kier molecular flexibility index (Phi) is 6.06. The van der Waals surface area contributed by atoms with Gasteiger partial charge in [0.15, 0.2) is 5.88 Å². The van der Waals surface area contributed by atoms with E-state index in [2.05, 4.69) is 31.3 Å². The lowest BCUT2D eigenvalue weighted by Crippen LogP contribution is -2.24. The SMILES string of the molecule is CC.CC(C)C1=C(Oc2ccccc2)NCC=C1. The van der Waals surface area contributed by atoms with Gasteiger partial charge in [0.25, 0.3) is 0 Å². The van der Waals surface area contributed by atoms with E-state index < -0.39 is 0 Å². The summed E-state index contributed by atoms with van der Waals surface area (Å²) < 4.78 is 5.85. The van der Waals surface area contributed by atoms with Crippen molar-refractivity contribution in [1.29, 1.82) is 0 Å². The number of ether oxygens (including phenoxy) is 1. The van der Waals surface area contributed by atoms with Gasteiger partial charge < -0.3 is 10.1 Å². The van der Waals surface area contributed by atoms with Gasteiger partial charge in [-0.25, -0.2) is 0 Å². The Morgan fingerprint density at radius 2 is 1.78 bits per heavy atom. The monoisotopic (exact) mass is 245 g/mol. The normalized spacial score (nSPS) is 13.8. The summed E-state index contributed by atoms with van der Waals surface area (Å²) in [6.07, 6.45) is 4.26. The minimum atomic E-state index is 0.461. The van der Waals surface area contributed by atoms with Gasteiger partial charge in [-0.1, -0.05) is 58.0 Å². The van der Waals surface area contributed by atoms with Crippen LogP contribution in [0.5, 0.6) is 5.75 Å². The summed E-state index contributed by atoms with van der Waals surface area (Å²) in [5.74, 6) is 2.21. The number of allylic oxidation sites excluding steroid dienone is 2. The van der Waals surface area contributed by atoms with E-state index in [1.54, 1.807) is 0 Å². The molecule has 2 heteroatoms. The second kappa shape index (κ2) is 7.59. The van der Waals surface area contributed by atoms with Gasteiger partial charge in [-0.15, -0.1) is 0 Å². The van der Waals surface area contributed by atoms with E-state index in [1.807, 2.05) is 44.2 Å². The first-order chi connectivity index (χ1) is 8.77. The van der Waals surface area contributed by atoms with Crippen molar-refractivity contribution in [2.24, 2.45) is 5.92 Å². The molecule has 98 valence electrons. The number of benzene rings is 1. The fraction of sp³-hybridized carbons (Fsp3) is 0.375. The fourth-order valence-electron chi connectivity index (χ4n) is 1.67. The van der Waals surface area contributed by atoms with Gasteiger partial charge in [-0.2, -0.15) is 0 Å². The van der Waals surface area contributed by atoms with Crippen molar-refractivity contribution in [2.75, 3.05) is 6.54 Å². The van der Waals surface area contributed by atoms with E-state index >= 15 is 0 Å². The quantitative estimate of drug-likeness (QED) is 0.865. The Labute approximate surface area is 110 Å². The van der Waals surface area contributed by atoms with Gasteiger partial charge in [0.2, 0.25) is 0 Å². The number of hydrogen-bond donors (Lipinski definition) is 1. The average molecular weight is 245 g/mol. The van der Waals surface area contributed by atoms with Crippen LogP contribution in [0.1, 0.15) is 27.7 Å². The molecule has 1 aromatic carbocycles. The van der Waals surface area contributed by atoms with Gasteiger partial charge in [0.05, 0.1) is 0 Å². The Bertz CT molecular complexity index is 404. The van der Waals surface area contributed by atoms with E-state index in [0.717, 1.165) is 18.2 Å². The minimum absolute atomic E-state index is 0.461. The topological polar surface area (TPSA) is 21.3 Å². The molecule has 18 heavy (non-hydrogen) atoms. The average Bonchev–Trinajstić information content (AvgIpc) is 2.42. The van der Waals surface area contributed by atoms with E-state index in [-0.39, 0.29) is 0 Å². The van der Waals surface area contributed by atoms with Crippen molar-refractivity contribution in [3.05, 3.63) is 53.9 Å². The maximum atomic E-state index is 5.85. The number of dihydropyridines is 1. The zero-order valence-corrected chi connectivity index (χ0v) is 11.7. The van der Waals surface area contributed by atoms with E-state index in [0.29, 0.717) is 5.92 Å². The van der Waals surface area contributed by atoms with Gasteiger partial charge in [-0.05, 0) is 18.1 Å². The molecule has 0 radical (unpaired) electrons. The number of nitrogens with one attached hydrogen (secondary N) is 1. The third kappa shape index (κ3) is 3.95. The van der Waals surface area contributed by atoms with Gasteiger partial charge in [-0.3, -0.25) is 0 Å². The van der Waals surface area contributed by atoms with Gasteiger partial charge in [0.1, 0.15) is 5.75 Å². The first-order valence-corrected chi connectivity index (χ1v) is 6.65. The minimum Gasteiger partial charge on any atom is -0.441 e. The number of para-hydroxylation sites is 1. The zero-order chi connectivity index (χ0) is 13.4. The number of hydrogen-bond acceptors (Lipinski definition) is 2. The van der Waals surface area contributed by atoms with Crippen molar-refractivity contribution < 1.29 is 4.74 Å². The zero-order valence-electron chi connectivity index (χ0n) is 11.7. The molecule has 1 aromatic rings. The van der Waals surface area contributed by atoms with E-state index in [9.17, 15) is 0 Å². The van der Waals surface area contributed by atoms with Crippen LogP contribution in [0.15, 0.2) is 53.9 Å². The Balaban J connectivity index is 0.000000771. The first-order valence-electron chi connectivity index (χ1n) is 6.65. The second-order valence-electron chi connectivity index (χ2n) is 4.14. The molecule has 0 bridgehead atoms. The molecule has 0 unspecified atom stereocenters. The molecule has 0 amide bonds. The van der Waals surface area contributed by atoms with Gasteiger partial charge >= 0.3 is 0 Å². The lowest BCUT2D eigenvalue weighted by atomic mass is 10.0. The van der Waals surface area contributed by atoms with Crippen LogP contribution in [0.4, 0.5) is 0 Å². The summed E-state index contributed by atoms with van der Waals surface area (Å²) in [4.78, 5) is 0. The van der Waals surface area contributed by atoms with Crippen LogP contribution in [0.3, 0.4) is 0 Å². The molecular formula is C16H23NO. The molecule has 0 fully saturated rings. The number of rotatable bonds is 3. The van der Waals surface area contributed by atoms with Crippen LogP contribution < -0.4 is 10.1 Å². The second-order valence-corrected chi connectivity index (χ2v) is 4.14. The largest absolute Gasteiger partial charge is 0.441 e. The predicted molar refractivity (Wildman–Crippen MR) is 77.4 cm³/mol. The van der Waals surface area contributed by atoms with Crippen molar-refractivity contribution >= 4 is 0 Å². The van der Waals surface area contributed by atoms with Crippen LogP contribution in [0, 0.1) is 5.92 Å². The molecule has 0 saturated carbocycles.